The lowest BCUT2D eigenvalue weighted by Gasteiger charge is -2.16. The summed E-state index contributed by atoms with van der Waals surface area (Å²) in [5.74, 6) is 0.465. The van der Waals surface area contributed by atoms with Crippen LogP contribution in [0.25, 0.3) is 22.0 Å². The molecular weight excluding hydrogens is 378 g/mol. The van der Waals surface area contributed by atoms with Crippen LogP contribution in [0.1, 0.15) is 19.3 Å². The van der Waals surface area contributed by atoms with E-state index in [1.807, 2.05) is 24.3 Å². The van der Waals surface area contributed by atoms with Gasteiger partial charge in [-0.1, -0.05) is 24.3 Å². The molecule has 0 aliphatic heterocycles. The summed E-state index contributed by atoms with van der Waals surface area (Å²) in [7, 11) is -3.42. The fourth-order valence-corrected chi connectivity index (χ4v) is 4.27. The molecule has 1 aromatic heterocycles. The highest BCUT2D eigenvalue weighted by molar-refractivity contribution is 7.90. The number of aliphatic hydroxyl groups is 1. The first kappa shape index (κ1) is 18.6. The van der Waals surface area contributed by atoms with E-state index >= 15 is 0 Å². The Morgan fingerprint density at radius 2 is 1.82 bits per heavy atom. The molecule has 2 aromatic carbocycles. The Morgan fingerprint density at radius 1 is 1.07 bits per heavy atom. The van der Waals surface area contributed by atoms with Gasteiger partial charge in [0.1, 0.15) is 11.4 Å². The summed E-state index contributed by atoms with van der Waals surface area (Å²) in [5.41, 5.74) is 0.893. The molecule has 3 aromatic rings. The van der Waals surface area contributed by atoms with Gasteiger partial charge in [-0.25, -0.2) is 8.42 Å². The Hall–Kier alpha value is -2.71. The van der Waals surface area contributed by atoms with Crippen molar-refractivity contribution in [2.24, 2.45) is 0 Å². The first-order valence-electron chi connectivity index (χ1n) is 9.06. The summed E-state index contributed by atoms with van der Waals surface area (Å²) in [6, 6.07) is 11.9. The lowest BCUT2D eigenvalue weighted by atomic mass is 10.0. The molecule has 146 valence electrons. The summed E-state index contributed by atoms with van der Waals surface area (Å²) >= 11 is 0. The van der Waals surface area contributed by atoms with Gasteiger partial charge in [0, 0.05) is 28.6 Å². The highest BCUT2D eigenvalue weighted by Gasteiger charge is 2.24. The molecule has 1 fully saturated rings. The number of anilines is 1. The third-order valence-corrected chi connectivity index (χ3v) is 6.20. The molecule has 0 spiro atoms. The highest BCUT2D eigenvalue weighted by atomic mass is 32.2. The van der Waals surface area contributed by atoms with Gasteiger partial charge in [-0.15, -0.1) is 10.2 Å². The van der Waals surface area contributed by atoms with Gasteiger partial charge in [-0.2, -0.15) is 0 Å². The van der Waals surface area contributed by atoms with Gasteiger partial charge in [0.15, 0.2) is 15.7 Å². The van der Waals surface area contributed by atoms with Crippen LogP contribution in [-0.2, 0) is 9.84 Å². The Labute approximate surface area is 163 Å². The van der Waals surface area contributed by atoms with E-state index in [1.54, 1.807) is 6.07 Å². The molecule has 2 atom stereocenters. The molecule has 4 rings (SSSR count). The third-order valence-electron chi connectivity index (χ3n) is 5.09. The van der Waals surface area contributed by atoms with Crippen molar-refractivity contribution in [3.63, 3.8) is 0 Å². The summed E-state index contributed by atoms with van der Waals surface area (Å²) in [6.07, 6.45) is 3.11. The molecule has 0 saturated heterocycles. The predicted octanol–water partition coefficient (Wildman–Crippen LogP) is 2.73. The van der Waals surface area contributed by atoms with E-state index in [9.17, 15) is 18.6 Å². The lowest BCUT2D eigenvalue weighted by molar-refractivity contribution is 0.182. The maximum Gasteiger partial charge on any atom is 0.175 e. The summed E-state index contributed by atoms with van der Waals surface area (Å²) in [4.78, 5) is 0.0455. The minimum absolute atomic E-state index is 0.0455. The molecule has 2 unspecified atom stereocenters. The molecule has 8 heteroatoms. The van der Waals surface area contributed by atoms with E-state index in [0.29, 0.717) is 23.5 Å². The van der Waals surface area contributed by atoms with Crippen molar-refractivity contribution in [3.05, 3.63) is 42.5 Å². The number of aromatic nitrogens is 2. The number of fused-ring (bicyclic) bond motifs is 1. The van der Waals surface area contributed by atoms with Crippen molar-refractivity contribution in [1.82, 2.24) is 10.2 Å². The number of phenols is 1. The first-order chi connectivity index (χ1) is 13.3. The van der Waals surface area contributed by atoms with Gasteiger partial charge in [-0.05, 0) is 37.5 Å². The van der Waals surface area contributed by atoms with Crippen LogP contribution in [-0.4, -0.2) is 47.2 Å². The molecule has 1 heterocycles. The SMILES string of the molecule is CS(=O)(=O)c1ccc(-c2nnc(NC3CCC(O)C3)c3ccccc23)c(O)c1. The van der Waals surface area contributed by atoms with E-state index in [1.165, 1.54) is 12.1 Å². The minimum Gasteiger partial charge on any atom is -0.507 e. The molecule has 3 N–H and O–H groups in total. The van der Waals surface area contributed by atoms with Crippen LogP contribution in [0.3, 0.4) is 0 Å². The van der Waals surface area contributed by atoms with Gasteiger partial charge < -0.3 is 15.5 Å². The van der Waals surface area contributed by atoms with Crippen LogP contribution in [0.15, 0.2) is 47.4 Å². The Morgan fingerprint density at radius 3 is 2.46 bits per heavy atom. The average molecular weight is 399 g/mol. The molecule has 1 aliphatic rings. The van der Waals surface area contributed by atoms with E-state index in [0.717, 1.165) is 29.9 Å². The van der Waals surface area contributed by atoms with E-state index in [2.05, 4.69) is 15.5 Å². The predicted molar refractivity (Wildman–Crippen MR) is 107 cm³/mol. The van der Waals surface area contributed by atoms with Crippen LogP contribution in [0, 0.1) is 0 Å². The van der Waals surface area contributed by atoms with Gasteiger partial charge in [0.05, 0.1) is 11.0 Å². The van der Waals surface area contributed by atoms with Crippen molar-refractivity contribution < 1.29 is 18.6 Å². The van der Waals surface area contributed by atoms with Crippen LogP contribution in [0.4, 0.5) is 5.82 Å². The number of hydrogen-bond donors (Lipinski definition) is 3. The van der Waals surface area contributed by atoms with E-state index in [-0.39, 0.29) is 22.8 Å². The number of nitrogens with one attached hydrogen (secondary N) is 1. The van der Waals surface area contributed by atoms with Gasteiger partial charge in [0.25, 0.3) is 0 Å². The number of rotatable bonds is 4. The molecule has 7 nitrogen and oxygen atoms in total. The normalized spacial score (nSPS) is 19.8. The first-order valence-corrected chi connectivity index (χ1v) is 11.0. The number of aromatic hydroxyl groups is 1. The summed E-state index contributed by atoms with van der Waals surface area (Å²) in [6.45, 7) is 0. The smallest absolute Gasteiger partial charge is 0.175 e. The van der Waals surface area contributed by atoms with Crippen molar-refractivity contribution in [2.45, 2.75) is 36.3 Å². The topological polar surface area (TPSA) is 112 Å². The van der Waals surface area contributed by atoms with Crippen LogP contribution < -0.4 is 5.32 Å². The number of phenolic OH excluding ortho intramolecular Hbond substituents is 1. The van der Waals surface area contributed by atoms with Gasteiger partial charge >= 0.3 is 0 Å². The molecule has 0 radical (unpaired) electrons. The van der Waals surface area contributed by atoms with E-state index < -0.39 is 9.84 Å². The maximum absolute atomic E-state index is 11.7. The zero-order valence-corrected chi connectivity index (χ0v) is 16.1. The van der Waals surface area contributed by atoms with Crippen molar-refractivity contribution in [1.29, 1.82) is 0 Å². The lowest BCUT2D eigenvalue weighted by Crippen LogP contribution is -2.18. The zero-order valence-electron chi connectivity index (χ0n) is 15.3. The minimum atomic E-state index is -3.42. The Kier molecular flexibility index (Phi) is 4.68. The van der Waals surface area contributed by atoms with Crippen LogP contribution >= 0.6 is 0 Å². The largest absolute Gasteiger partial charge is 0.507 e. The maximum atomic E-state index is 11.7. The number of hydrogen-bond acceptors (Lipinski definition) is 7. The van der Waals surface area contributed by atoms with Crippen LogP contribution in [0.5, 0.6) is 5.75 Å². The summed E-state index contributed by atoms with van der Waals surface area (Å²) < 4.78 is 23.4. The van der Waals surface area contributed by atoms with Crippen molar-refractivity contribution in [3.8, 4) is 17.0 Å². The average Bonchev–Trinajstić information content (AvgIpc) is 3.06. The molecular formula is C20H21N3O4S. The molecule has 1 aliphatic carbocycles. The molecule has 28 heavy (non-hydrogen) atoms. The second-order valence-corrected chi connectivity index (χ2v) is 9.22. The highest BCUT2D eigenvalue weighted by Crippen LogP contribution is 2.36. The standard InChI is InChI=1S/C20H21N3O4S/c1-28(26,27)14-8-9-17(18(25)11-14)19-15-4-2-3-5-16(15)20(23-22-19)21-12-6-7-13(24)10-12/h2-5,8-9,11-13,24-25H,6-7,10H2,1H3,(H,21,23). The van der Waals surface area contributed by atoms with Crippen molar-refractivity contribution >= 4 is 26.4 Å². The Balaban J connectivity index is 1.78. The van der Waals surface area contributed by atoms with Crippen LogP contribution in [0.2, 0.25) is 0 Å². The van der Waals surface area contributed by atoms with Gasteiger partial charge in [-0.3, -0.25) is 0 Å². The number of benzene rings is 2. The van der Waals surface area contributed by atoms with Crippen molar-refractivity contribution in [2.75, 3.05) is 11.6 Å². The monoisotopic (exact) mass is 399 g/mol. The second kappa shape index (κ2) is 7.03. The van der Waals surface area contributed by atoms with E-state index in [4.69, 9.17) is 0 Å². The quantitative estimate of drug-likeness (QED) is 0.618. The number of sulfone groups is 1. The second-order valence-electron chi connectivity index (χ2n) is 7.20. The van der Waals surface area contributed by atoms with Gasteiger partial charge in [0.2, 0.25) is 0 Å². The fraction of sp³-hybridized carbons (Fsp3) is 0.300. The molecule has 0 amide bonds. The third kappa shape index (κ3) is 3.53. The fourth-order valence-electron chi connectivity index (χ4n) is 3.63. The zero-order chi connectivity index (χ0) is 19.9. The summed E-state index contributed by atoms with van der Waals surface area (Å²) in [5, 5.41) is 33.8. The molecule has 1 saturated carbocycles. The Bertz CT molecular complexity index is 1150. The number of nitrogens with zero attached hydrogens (tertiary/aromatic N) is 2. The number of aliphatic hydroxyl groups excluding tert-OH is 1. The molecule has 0 bridgehead atoms.